The molecule has 1 amide bonds. The summed E-state index contributed by atoms with van der Waals surface area (Å²) >= 11 is 5.97. The first kappa shape index (κ1) is 18.3. The smallest absolute Gasteiger partial charge is 0.224 e. The lowest BCUT2D eigenvalue weighted by molar-refractivity contribution is -0.116. The van der Waals surface area contributed by atoms with E-state index >= 15 is 0 Å². The largest absolute Gasteiger partial charge is 0.489 e. The van der Waals surface area contributed by atoms with Gasteiger partial charge in [-0.2, -0.15) is 0 Å². The van der Waals surface area contributed by atoms with Gasteiger partial charge in [-0.1, -0.05) is 23.7 Å². The SMILES string of the molecule is CNCCCC(=O)Nc1ccc(OCc2cccc(Cl)c2)cc1C. The summed E-state index contributed by atoms with van der Waals surface area (Å²) in [4.78, 5) is 11.9. The number of carbonyl (C=O) groups excluding carboxylic acids is 1. The number of hydrogen-bond acceptors (Lipinski definition) is 3. The number of anilines is 1. The minimum atomic E-state index is 0.0287. The molecule has 0 heterocycles. The summed E-state index contributed by atoms with van der Waals surface area (Å²) < 4.78 is 5.79. The highest BCUT2D eigenvalue weighted by atomic mass is 35.5. The third kappa shape index (κ3) is 5.87. The average molecular weight is 347 g/mol. The Morgan fingerprint density at radius 2 is 2.04 bits per heavy atom. The second-order valence-corrected chi connectivity index (χ2v) is 6.09. The molecule has 0 unspecified atom stereocenters. The molecule has 2 aromatic carbocycles. The monoisotopic (exact) mass is 346 g/mol. The number of rotatable bonds is 8. The van der Waals surface area contributed by atoms with Crippen LogP contribution < -0.4 is 15.4 Å². The van der Waals surface area contributed by atoms with Crippen molar-refractivity contribution in [3.05, 3.63) is 58.6 Å². The van der Waals surface area contributed by atoms with E-state index < -0.39 is 0 Å². The summed E-state index contributed by atoms with van der Waals surface area (Å²) in [5.74, 6) is 0.793. The van der Waals surface area contributed by atoms with Crippen LogP contribution in [0.5, 0.6) is 5.75 Å². The maximum absolute atomic E-state index is 11.9. The standard InChI is InChI=1S/C19H23ClN2O2/c1-14-11-17(24-13-15-5-3-6-16(20)12-15)8-9-18(14)22-19(23)7-4-10-21-2/h3,5-6,8-9,11-12,21H,4,7,10,13H2,1-2H3,(H,22,23). The average Bonchev–Trinajstić information content (AvgIpc) is 2.55. The van der Waals surface area contributed by atoms with E-state index in [1.54, 1.807) is 0 Å². The summed E-state index contributed by atoms with van der Waals surface area (Å²) in [6.45, 7) is 3.24. The van der Waals surface area contributed by atoms with Crippen molar-refractivity contribution in [2.45, 2.75) is 26.4 Å². The summed E-state index contributed by atoms with van der Waals surface area (Å²) in [6, 6.07) is 13.3. The van der Waals surface area contributed by atoms with E-state index in [4.69, 9.17) is 16.3 Å². The van der Waals surface area contributed by atoms with Crippen LogP contribution >= 0.6 is 11.6 Å². The van der Waals surface area contributed by atoms with Gasteiger partial charge in [-0.25, -0.2) is 0 Å². The number of aryl methyl sites for hydroxylation is 1. The van der Waals surface area contributed by atoms with Crippen LogP contribution in [0.15, 0.2) is 42.5 Å². The minimum Gasteiger partial charge on any atom is -0.489 e. The molecule has 0 fully saturated rings. The lowest BCUT2D eigenvalue weighted by Crippen LogP contribution is -2.15. The van der Waals surface area contributed by atoms with Crippen molar-refractivity contribution in [1.29, 1.82) is 0 Å². The molecular weight excluding hydrogens is 324 g/mol. The predicted molar refractivity (Wildman–Crippen MR) is 98.8 cm³/mol. The van der Waals surface area contributed by atoms with Gasteiger partial charge in [0, 0.05) is 17.1 Å². The third-order valence-electron chi connectivity index (χ3n) is 3.60. The normalized spacial score (nSPS) is 10.5. The van der Waals surface area contributed by atoms with Gasteiger partial charge in [-0.05, 0) is 68.4 Å². The molecule has 0 aliphatic heterocycles. The zero-order chi connectivity index (χ0) is 17.4. The minimum absolute atomic E-state index is 0.0287. The highest BCUT2D eigenvalue weighted by molar-refractivity contribution is 6.30. The van der Waals surface area contributed by atoms with E-state index in [-0.39, 0.29) is 5.91 Å². The van der Waals surface area contributed by atoms with Crippen LogP contribution in [-0.4, -0.2) is 19.5 Å². The van der Waals surface area contributed by atoms with Gasteiger partial charge in [0.15, 0.2) is 0 Å². The predicted octanol–water partition coefficient (Wildman–Crippen LogP) is 4.17. The van der Waals surface area contributed by atoms with Crippen molar-refractivity contribution in [1.82, 2.24) is 5.32 Å². The van der Waals surface area contributed by atoms with Crippen LogP contribution in [0.2, 0.25) is 5.02 Å². The third-order valence-corrected chi connectivity index (χ3v) is 3.83. The van der Waals surface area contributed by atoms with Gasteiger partial charge in [-0.15, -0.1) is 0 Å². The van der Waals surface area contributed by atoms with Crippen LogP contribution in [0.4, 0.5) is 5.69 Å². The summed E-state index contributed by atoms with van der Waals surface area (Å²) in [7, 11) is 1.88. The summed E-state index contributed by atoms with van der Waals surface area (Å²) in [5.41, 5.74) is 2.81. The van der Waals surface area contributed by atoms with E-state index in [1.807, 2.05) is 56.4 Å². The molecule has 0 saturated carbocycles. The molecule has 4 nitrogen and oxygen atoms in total. The molecule has 0 aromatic heterocycles. The Hall–Kier alpha value is -2.04. The van der Waals surface area contributed by atoms with Gasteiger partial charge in [0.25, 0.3) is 0 Å². The van der Waals surface area contributed by atoms with Gasteiger partial charge >= 0.3 is 0 Å². The van der Waals surface area contributed by atoms with Crippen molar-refractivity contribution in [2.75, 3.05) is 18.9 Å². The molecule has 2 rings (SSSR count). The van der Waals surface area contributed by atoms with Crippen LogP contribution in [-0.2, 0) is 11.4 Å². The number of carbonyl (C=O) groups is 1. The number of ether oxygens (including phenoxy) is 1. The highest BCUT2D eigenvalue weighted by Gasteiger charge is 2.06. The number of benzene rings is 2. The Balaban J connectivity index is 1.90. The first-order chi connectivity index (χ1) is 11.6. The zero-order valence-electron chi connectivity index (χ0n) is 14.1. The Morgan fingerprint density at radius 3 is 2.75 bits per heavy atom. The first-order valence-corrected chi connectivity index (χ1v) is 8.38. The van der Waals surface area contributed by atoms with Gasteiger partial charge in [0.2, 0.25) is 5.91 Å². The maximum atomic E-state index is 11.9. The van der Waals surface area contributed by atoms with E-state index in [0.29, 0.717) is 18.1 Å². The molecule has 0 radical (unpaired) electrons. The molecule has 0 bridgehead atoms. The molecule has 0 aliphatic rings. The van der Waals surface area contributed by atoms with Gasteiger partial charge in [-0.3, -0.25) is 4.79 Å². The Bertz CT molecular complexity index is 689. The fraction of sp³-hybridized carbons (Fsp3) is 0.316. The molecule has 5 heteroatoms. The van der Waals surface area contributed by atoms with Crippen LogP contribution in [0.3, 0.4) is 0 Å². The van der Waals surface area contributed by atoms with Gasteiger partial charge in [0.05, 0.1) is 0 Å². The second-order valence-electron chi connectivity index (χ2n) is 5.65. The van der Waals surface area contributed by atoms with Crippen LogP contribution in [0.25, 0.3) is 0 Å². The molecule has 0 spiro atoms. The highest BCUT2D eigenvalue weighted by Crippen LogP contribution is 2.23. The fourth-order valence-electron chi connectivity index (χ4n) is 2.30. The van der Waals surface area contributed by atoms with Crippen LogP contribution in [0.1, 0.15) is 24.0 Å². The topological polar surface area (TPSA) is 50.4 Å². The second kappa shape index (κ2) is 9.30. The molecule has 128 valence electrons. The molecule has 2 N–H and O–H groups in total. The molecule has 0 saturated heterocycles. The molecule has 24 heavy (non-hydrogen) atoms. The van der Waals surface area contributed by atoms with Crippen molar-refractivity contribution in [2.24, 2.45) is 0 Å². The number of nitrogens with one attached hydrogen (secondary N) is 2. The van der Waals surface area contributed by atoms with Crippen molar-refractivity contribution in [3.8, 4) is 5.75 Å². The molecule has 2 aromatic rings. The van der Waals surface area contributed by atoms with Crippen LogP contribution in [0, 0.1) is 6.92 Å². The number of amides is 1. The molecular formula is C19H23ClN2O2. The van der Waals surface area contributed by atoms with Crippen molar-refractivity contribution < 1.29 is 9.53 Å². The lowest BCUT2D eigenvalue weighted by Gasteiger charge is -2.12. The van der Waals surface area contributed by atoms with Gasteiger partial charge < -0.3 is 15.4 Å². The first-order valence-electron chi connectivity index (χ1n) is 8.01. The Labute approximate surface area is 148 Å². The van der Waals surface area contributed by atoms with Crippen molar-refractivity contribution in [3.63, 3.8) is 0 Å². The van der Waals surface area contributed by atoms with Crippen molar-refractivity contribution >= 4 is 23.2 Å². The van der Waals surface area contributed by atoms with E-state index in [0.717, 1.165) is 35.5 Å². The Kier molecular flexibility index (Phi) is 7.09. The van der Waals surface area contributed by atoms with E-state index in [2.05, 4.69) is 10.6 Å². The van der Waals surface area contributed by atoms with Gasteiger partial charge in [0.1, 0.15) is 12.4 Å². The molecule has 0 atom stereocenters. The Morgan fingerprint density at radius 1 is 1.21 bits per heavy atom. The summed E-state index contributed by atoms with van der Waals surface area (Å²) in [5, 5.41) is 6.67. The quantitative estimate of drug-likeness (QED) is 0.705. The van der Waals surface area contributed by atoms with E-state index in [9.17, 15) is 4.79 Å². The number of halogens is 1. The maximum Gasteiger partial charge on any atom is 0.224 e. The number of hydrogen-bond donors (Lipinski definition) is 2. The molecule has 0 aliphatic carbocycles. The fourth-order valence-corrected chi connectivity index (χ4v) is 2.51. The van der Waals surface area contributed by atoms with E-state index in [1.165, 1.54) is 0 Å². The zero-order valence-corrected chi connectivity index (χ0v) is 14.8. The lowest BCUT2D eigenvalue weighted by atomic mass is 10.1. The summed E-state index contributed by atoms with van der Waals surface area (Å²) in [6.07, 6.45) is 1.33.